The highest BCUT2D eigenvalue weighted by Crippen LogP contribution is 2.41. The summed E-state index contributed by atoms with van der Waals surface area (Å²) < 4.78 is 11.0. The fourth-order valence-corrected chi connectivity index (χ4v) is 5.08. The Hall–Kier alpha value is -0.380. The summed E-state index contributed by atoms with van der Waals surface area (Å²) in [6.45, 7) is 10.8. The topological polar surface area (TPSA) is 38.7 Å². The number of hydrogen-bond acceptors (Lipinski definition) is 3. The maximum atomic E-state index is 10.6. The van der Waals surface area contributed by atoms with Crippen molar-refractivity contribution >= 4 is 0 Å². The molecule has 0 aromatic rings. The van der Waals surface area contributed by atoms with Crippen LogP contribution in [-0.4, -0.2) is 30.7 Å². The van der Waals surface area contributed by atoms with Gasteiger partial charge < -0.3 is 14.6 Å². The Balaban J connectivity index is 1.75. The first kappa shape index (κ1) is 22.9. The van der Waals surface area contributed by atoms with Gasteiger partial charge in [0.25, 0.3) is 0 Å². The lowest BCUT2D eigenvalue weighted by atomic mass is 9.84. The molecule has 0 bridgehead atoms. The molecule has 0 aromatic carbocycles. The molecule has 1 aliphatic heterocycles. The van der Waals surface area contributed by atoms with Crippen molar-refractivity contribution in [2.75, 3.05) is 13.2 Å². The van der Waals surface area contributed by atoms with Crippen LogP contribution in [0.15, 0.2) is 12.2 Å². The second-order valence-electron chi connectivity index (χ2n) is 9.32. The average Bonchev–Trinajstić information content (AvgIpc) is 3.23. The Morgan fingerprint density at radius 3 is 2.48 bits per heavy atom. The van der Waals surface area contributed by atoms with E-state index in [1.165, 1.54) is 25.7 Å². The maximum absolute atomic E-state index is 10.6. The fraction of sp³-hybridized carbons (Fsp3) is 0.917. The van der Waals surface area contributed by atoms with Gasteiger partial charge in [0.2, 0.25) is 0 Å². The Bertz CT molecular complexity index is 416. The van der Waals surface area contributed by atoms with Crippen LogP contribution < -0.4 is 0 Å². The van der Waals surface area contributed by atoms with Crippen LogP contribution in [0.3, 0.4) is 0 Å². The van der Waals surface area contributed by atoms with E-state index in [-0.39, 0.29) is 12.4 Å². The lowest BCUT2D eigenvalue weighted by molar-refractivity contribution is -0.0483. The predicted molar refractivity (Wildman–Crippen MR) is 113 cm³/mol. The number of hydrogen-bond donors (Lipinski definition) is 1. The second kappa shape index (κ2) is 12.2. The van der Waals surface area contributed by atoms with Crippen molar-refractivity contribution in [1.29, 1.82) is 0 Å². The molecule has 0 spiro atoms. The summed E-state index contributed by atoms with van der Waals surface area (Å²) in [4.78, 5) is 0. The van der Waals surface area contributed by atoms with E-state index in [1.54, 1.807) is 0 Å². The van der Waals surface area contributed by atoms with Gasteiger partial charge in [-0.25, -0.2) is 0 Å². The first-order valence-electron chi connectivity index (χ1n) is 11.6. The lowest BCUT2D eigenvalue weighted by Crippen LogP contribution is -2.19. The largest absolute Gasteiger partial charge is 0.393 e. The number of aliphatic hydroxyl groups excluding tert-OH is 1. The third-order valence-electron chi connectivity index (χ3n) is 6.66. The summed E-state index contributed by atoms with van der Waals surface area (Å²) in [5, 5.41) is 10.6. The third kappa shape index (κ3) is 7.87. The van der Waals surface area contributed by atoms with Crippen LogP contribution in [-0.2, 0) is 9.47 Å². The minimum Gasteiger partial charge on any atom is -0.393 e. The molecule has 2 aliphatic rings. The fourth-order valence-electron chi connectivity index (χ4n) is 5.08. The predicted octanol–water partition coefficient (Wildman–Crippen LogP) is 5.96. The third-order valence-corrected chi connectivity index (χ3v) is 6.66. The van der Waals surface area contributed by atoms with E-state index in [2.05, 4.69) is 39.8 Å². The van der Waals surface area contributed by atoms with Crippen molar-refractivity contribution in [3.05, 3.63) is 12.2 Å². The normalized spacial score (nSPS) is 31.7. The molecule has 0 radical (unpaired) electrons. The molecular weight excluding hydrogens is 336 g/mol. The quantitative estimate of drug-likeness (QED) is 0.335. The highest BCUT2D eigenvalue weighted by atomic mass is 16.7. The minimum absolute atomic E-state index is 0.0173. The van der Waals surface area contributed by atoms with E-state index in [4.69, 9.17) is 9.47 Å². The van der Waals surface area contributed by atoms with Gasteiger partial charge in [-0.1, -0.05) is 65.5 Å². The van der Waals surface area contributed by atoms with Gasteiger partial charge in [0.15, 0.2) is 6.29 Å². The van der Waals surface area contributed by atoms with E-state index in [0.29, 0.717) is 23.7 Å². The van der Waals surface area contributed by atoms with E-state index in [9.17, 15) is 5.11 Å². The van der Waals surface area contributed by atoms with Gasteiger partial charge in [-0.05, 0) is 61.7 Å². The van der Waals surface area contributed by atoms with E-state index < -0.39 is 0 Å². The van der Waals surface area contributed by atoms with Crippen molar-refractivity contribution in [3.8, 4) is 0 Å². The van der Waals surface area contributed by atoms with Crippen LogP contribution >= 0.6 is 0 Å². The zero-order valence-electron chi connectivity index (χ0n) is 18.2. The summed E-state index contributed by atoms with van der Waals surface area (Å²) in [5.41, 5.74) is 0. The van der Waals surface area contributed by atoms with Crippen LogP contribution in [0.25, 0.3) is 0 Å². The summed E-state index contributed by atoms with van der Waals surface area (Å²) in [7, 11) is 0. The number of aliphatic hydroxyl groups is 1. The molecule has 2 fully saturated rings. The number of allylic oxidation sites excluding steroid dienone is 2. The van der Waals surface area contributed by atoms with Gasteiger partial charge in [-0.15, -0.1) is 0 Å². The Morgan fingerprint density at radius 1 is 1.07 bits per heavy atom. The number of ether oxygens (including phenoxy) is 2. The smallest absolute Gasteiger partial charge is 0.157 e. The maximum Gasteiger partial charge on any atom is 0.157 e. The number of rotatable bonds is 12. The van der Waals surface area contributed by atoms with Crippen molar-refractivity contribution in [3.63, 3.8) is 0 Å². The van der Waals surface area contributed by atoms with Crippen LogP contribution in [0.5, 0.6) is 0 Å². The van der Waals surface area contributed by atoms with Gasteiger partial charge in [-0.2, -0.15) is 0 Å². The van der Waals surface area contributed by atoms with Gasteiger partial charge in [-0.3, -0.25) is 0 Å². The monoisotopic (exact) mass is 380 g/mol. The highest BCUT2D eigenvalue weighted by Gasteiger charge is 2.38. The zero-order valence-corrected chi connectivity index (χ0v) is 18.2. The van der Waals surface area contributed by atoms with E-state index in [0.717, 1.165) is 51.2 Å². The lowest BCUT2D eigenvalue weighted by Gasteiger charge is -2.22. The molecule has 3 heteroatoms. The van der Waals surface area contributed by atoms with Gasteiger partial charge in [0.05, 0.1) is 19.3 Å². The van der Waals surface area contributed by atoms with Crippen LogP contribution in [0.4, 0.5) is 0 Å². The SMILES string of the molecule is CCCC[C@H](C)C[C@H](C)/C=C/[C@@H]1[C@@H](CCCCC2OCCO2)[C@@H](O)C[C@H]1C. The first-order valence-corrected chi connectivity index (χ1v) is 11.6. The van der Waals surface area contributed by atoms with Gasteiger partial charge in [0.1, 0.15) is 0 Å². The minimum atomic E-state index is -0.132. The standard InChI is InChI=1S/C24H44O3/c1-5-6-9-18(2)16-19(3)12-13-21-20(4)17-23(25)22(21)10-7-8-11-24-26-14-15-27-24/h12-13,18-25H,5-11,14-17H2,1-4H3/b13-12+/t18-,19+,20+,21-,22+,23-/m0/s1. The summed E-state index contributed by atoms with van der Waals surface area (Å²) in [6.07, 6.45) is 15.4. The molecule has 0 amide bonds. The molecule has 0 aromatic heterocycles. The molecular formula is C24H44O3. The first-order chi connectivity index (χ1) is 13.0. The molecule has 2 rings (SSSR count). The Kier molecular flexibility index (Phi) is 10.4. The summed E-state index contributed by atoms with van der Waals surface area (Å²) in [6, 6.07) is 0. The highest BCUT2D eigenvalue weighted by molar-refractivity contribution is 5.02. The molecule has 1 heterocycles. The van der Waals surface area contributed by atoms with E-state index in [1.807, 2.05) is 0 Å². The molecule has 1 aliphatic carbocycles. The molecule has 158 valence electrons. The van der Waals surface area contributed by atoms with E-state index >= 15 is 0 Å². The zero-order chi connectivity index (χ0) is 19.6. The molecule has 3 nitrogen and oxygen atoms in total. The number of unbranched alkanes of at least 4 members (excludes halogenated alkanes) is 2. The molecule has 0 unspecified atom stereocenters. The second-order valence-corrected chi connectivity index (χ2v) is 9.32. The average molecular weight is 381 g/mol. The Morgan fingerprint density at radius 2 is 1.78 bits per heavy atom. The molecule has 27 heavy (non-hydrogen) atoms. The van der Waals surface area contributed by atoms with Crippen molar-refractivity contribution in [2.24, 2.45) is 29.6 Å². The molecule has 1 saturated carbocycles. The molecule has 6 atom stereocenters. The van der Waals surface area contributed by atoms with Gasteiger partial charge >= 0.3 is 0 Å². The van der Waals surface area contributed by atoms with Crippen molar-refractivity contribution in [1.82, 2.24) is 0 Å². The van der Waals surface area contributed by atoms with Crippen LogP contribution in [0, 0.1) is 29.6 Å². The molecule has 1 N–H and O–H groups in total. The van der Waals surface area contributed by atoms with Crippen molar-refractivity contribution in [2.45, 2.75) is 97.9 Å². The summed E-state index contributed by atoms with van der Waals surface area (Å²) in [5.74, 6) is 3.00. The summed E-state index contributed by atoms with van der Waals surface area (Å²) >= 11 is 0. The van der Waals surface area contributed by atoms with Crippen molar-refractivity contribution < 1.29 is 14.6 Å². The van der Waals surface area contributed by atoms with Crippen LogP contribution in [0.2, 0.25) is 0 Å². The van der Waals surface area contributed by atoms with Crippen LogP contribution in [0.1, 0.15) is 85.5 Å². The Labute approximate surface area is 167 Å². The van der Waals surface area contributed by atoms with Gasteiger partial charge in [0, 0.05) is 0 Å². The molecule has 1 saturated heterocycles.